The van der Waals surface area contributed by atoms with Crippen molar-refractivity contribution in [2.24, 2.45) is 23.7 Å². The Bertz CT molecular complexity index is 2420. The molecule has 418 valence electrons. The number of ether oxygens (including phenoxy) is 4. The highest BCUT2D eigenvalue weighted by Gasteiger charge is 2.43. The van der Waals surface area contributed by atoms with E-state index < -0.39 is 96.1 Å². The topological polar surface area (TPSA) is 204 Å². The molecule has 3 aromatic rings. The molecule has 0 bridgehead atoms. The molecule has 76 heavy (non-hydrogen) atoms. The summed E-state index contributed by atoms with van der Waals surface area (Å²) in [4.78, 5) is 125. The Labute approximate surface area is 450 Å². The van der Waals surface area contributed by atoms with Gasteiger partial charge in [-0.15, -0.1) is 0 Å². The number of esters is 4. The third kappa shape index (κ3) is 17.2. The second-order valence-electron chi connectivity index (χ2n) is 21.9. The number of likely N-dealkylation sites (N-methyl/N-ethyl adjacent to an activating group) is 4. The standard InChI is InChI=1S/C58H84N6O12/c1-16-50-59-26-27-64(50)34-43-24-22-42(23-25-43)33-49-54(68)63(15)45(29-36(4)5)56(70)74-39(10)51(65)60(12)46(30-37(6)7)57(71)75-48(32-41-20-18-17-19-21-41)53(67)62(14)44(28-35(2)3)55(69)73-40(11)52(66)61(13)47(31-38(8)9)58(72)76-49/h17-27,35-40,44-49H,16,28-34H2,1-15H3/t39-,40-,44+,45+,46+,47+,48-,49-/m1/s1. The molecule has 0 aliphatic carbocycles. The maximum atomic E-state index is 15.0. The second-order valence-corrected chi connectivity index (χ2v) is 21.9. The van der Waals surface area contributed by atoms with Gasteiger partial charge in [0.05, 0.1) is 0 Å². The van der Waals surface area contributed by atoms with Crippen molar-refractivity contribution >= 4 is 47.5 Å². The molecule has 0 unspecified atom stereocenters. The molecular formula is C58H84N6O12. The number of rotatable bonds is 15. The maximum Gasteiger partial charge on any atom is 0.329 e. The van der Waals surface area contributed by atoms with E-state index in [0.29, 0.717) is 17.7 Å². The first-order valence-corrected chi connectivity index (χ1v) is 26.7. The average Bonchev–Trinajstić information content (AvgIpc) is 3.82. The van der Waals surface area contributed by atoms with Crippen molar-refractivity contribution in [3.05, 3.63) is 89.5 Å². The molecule has 4 rings (SSSR count). The van der Waals surface area contributed by atoms with Crippen LogP contribution in [-0.4, -0.2) is 153 Å². The van der Waals surface area contributed by atoms with E-state index in [1.807, 2.05) is 97.3 Å². The van der Waals surface area contributed by atoms with Crippen molar-refractivity contribution < 1.29 is 57.3 Å². The number of hydrogen-bond donors (Lipinski definition) is 0. The number of imidazole rings is 1. The van der Waals surface area contributed by atoms with Crippen molar-refractivity contribution in [2.45, 2.75) is 176 Å². The van der Waals surface area contributed by atoms with Crippen LogP contribution in [0.3, 0.4) is 0 Å². The number of amides is 4. The first-order valence-electron chi connectivity index (χ1n) is 26.7. The summed E-state index contributed by atoms with van der Waals surface area (Å²) in [6, 6.07) is 11.3. The van der Waals surface area contributed by atoms with Gasteiger partial charge in [0.2, 0.25) is 0 Å². The van der Waals surface area contributed by atoms with Gasteiger partial charge in [0.1, 0.15) is 30.0 Å². The molecule has 0 spiro atoms. The fourth-order valence-corrected chi connectivity index (χ4v) is 9.30. The Hall–Kier alpha value is -6.59. The van der Waals surface area contributed by atoms with Crippen molar-refractivity contribution in [1.29, 1.82) is 0 Å². The summed E-state index contributed by atoms with van der Waals surface area (Å²) in [6.45, 7) is 20.1. The molecule has 4 amide bonds. The van der Waals surface area contributed by atoms with Crippen molar-refractivity contribution in [3.63, 3.8) is 0 Å². The molecular weight excluding hydrogens is 973 g/mol. The van der Waals surface area contributed by atoms with Crippen LogP contribution in [0.1, 0.15) is 124 Å². The van der Waals surface area contributed by atoms with E-state index in [2.05, 4.69) is 4.98 Å². The lowest BCUT2D eigenvalue weighted by atomic mass is 9.99. The Balaban J connectivity index is 1.86. The first kappa shape index (κ1) is 62.0. The number of hydrogen-bond acceptors (Lipinski definition) is 13. The summed E-state index contributed by atoms with van der Waals surface area (Å²) in [5.74, 6) is -6.33. The molecule has 2 aromatic carbocycles. The summed E-state index contributed by atoms with van der Waals surface area (Å²) < 4.78 is 26.1. The van der Waals surface area contributed by atoms with Gasteiger partial charge in [-0.3, -0.25) is 19.2 Å². The lowest BCUT2D eigenvalue weighted by Gasteiger charge is -2.35. The van der Waals surface area contributed by atoms with Gasteiger partial charge in [-0.2, -0.15) is 0 Å². The fourth-order valence-electron chi connectivity index (χ4n) is 9.30. The molecule has 1 fully saturated rings. The lowest BCUT2D eigenvalue weighted by Crippen LogP contribution is -2.55. The van der Waals surface area contributed by atoms with Crippen LogP contribution in [0.2, 0.25) is 0 Å². The number of carbonyl (C=O) groups excluding carboxylic acids is 8. The molecule has 2 heterocycles. The Morgan fingerprint density at radius 2 is 0.789 bits per heavy atom. The van der Waals surface area contributed by atoms with E-state index >= 15 is 0 Å². The first-order chi connectivity index (χ1) is 35.7. The predicted octanol–water partition coefficient (Wildman–Crippen LogP) is 6.47. The number of cyclic esters (lactones) is 4. The minimum absolute atomic E-state index is 0.0876. The van der Waals surface area contributed by atoms with E-state index in [0.717, 1.165) is 32.5 Å². The van der Waals surface area contributed by atoms with Gasteiger partial charge in [0.15, 0.2) is 24.4 Å². The van der Waals surface area contributed by atoms with E-state index in [-0.39, 0.29) is 62.2 Å². The number of carbonyl (C=O) groups is 8. The monoisotopic (exact) mass is 1060 g/mol. The molecule has 0 saturated carbocycles. The lowest BCUT2D eigenvalue weighted by molar-refractivity contribution is -0.176. The van der Waals surface area contributed by atoms with Gasteiger partial charge in [-0.05, 0) is 79.9 Å². The van der Waals surface area contributed by atoms with E-state index in [1.165, 1.54) is 46.9 Å². The number of aryl methyl sites for hydroxylation is 1. The highest BCUT2D eigenvalue weighted by atomic mass is 16.6. The Morgan fingerprint density at radius 1 is 0.461 bits per heavy atom. The zero-order valence-corrected chi connectivity index (χ0v) is 47.5. The normalized spacial score (nSPS) is 23.8. The maximum absolute atomic E-state index is 15.0. The molecule has 18 nitrogen and oxygen atoms in total. The van der Waals surface area contributed by atoms with Crippen LogP contribution in [0.15, 0.2) is 67.0 Å². The Morgan fingerprint density at radius 3 is 1.14 bits per heavy atom. The van der Waals surface area contributed by atoms with Crippen LogP contribution in [0, 0.1) is 23.7 Å². The van der Waals surface area contributed by atoms with Crippen LogP contribution < -0.4 is 0 Å². The van der Waals surface area contributed by atoms with Gasteiger partial charge in [0.25, 0.3) is 23.6 Å². The molecule has 1 aromatic heterocycles. The van der Waals surface area contributed by atoms with Crippen molar-refractivity contribution in [2.75, 3.05) is 28.2 Å². The minimum atomic E-state index is -1.52. The second kappa shape index (κ2) is 28.5. The Kier molecular flexibility index (Phi) is 23.2. The van der Waals surface area contributed by atoms with Crippen LogP contribution in [0.4, 0.5) is 0 Å². The largest absolute Gasteiger partial charge is 0.451 e. The highest BCUT2D eigenvalue weighted by Crippen LogP contribution is 2.24. The fraction of sp³-hybridized carbons (Fsp3) is 0.603. The van der Waals surface area contributed by atoms with E-state index in [1.54, 1.807) is 36.5 Å². The summed E-state index contributed by atoms with van der Waals surface area (Å²) in [7, 11) is 5.58. The molecule has 0 N–H and O–H groups in total. The number of nitrogens with zero attached hydrogens (tertiary/aromatic N) is 6. The van der Waals surface area contributed by atoms with E-state index in [4.69, 9.17) is 18.9 Å². The van der Waals surface area contributed by atoms with Crippen molar-refractivity contribution in [3.8, 4) is 0 Å². The van der Waals surface area contributed by atoms with Gasteiger partial charge in [0, 0.05) is 66.4 Å². The molecule has 1 aliphatic heterocycles. The van der Waals surface area contributed by atoms with Gasteiger partial charge < -0.3 is 43.1 Å². The highest BCUT2D eigenvalue weighted by molar-refractivity contribution is 5.94. The number of aromatic nitrogens is 2. The molecule has 1 aliphatic rings. The van der Waals surface area contributed by atoms with Crippen LogP contribution >= 0.6 is 0 Å². The SMILES string of the molecule is CCc1nccn1Cc1ccc(C[C@H]2OC(=O)[C@H](CC(C)C)N(C)C(=O)[C@@H](C)OC(=O)[C@H](CC(C)C)N(C)C(=O)[C@@H](Cc3ccccc3)OC(=O)[C@H](CC(C)C)N(C)C(=O)[C@@H](C)OC(=O)[C@H](CC(C)C)N(C)C2=O)cc1. The molecule has 8 atom stereocenters. The zero-order valence-electron chi connectivity index (χ0n) is 47.5. The van der Waals surface area contributed by atoms with Crippen molar-refractivity contribution in [1.82, 2.24) is 29.2 Å². The predicted molar refractivity (Wildman–Crippen MR) is 286 cm³/mol. The quantitative estimate of drug-likeness (QED) is 0.118. The van der Waals surface area contributed by atoms with Crippen LogP contribution in [-0.2, 0) is 83.1 Å². The van der Waals surface area contributed by atoms with Crippen LogP contribution in [0.5, 0.6) is 0 Å². The van der Waals surface area contributed by atoms with Gasteiger partial charge in [-0.1, -0.05) is 117 Å². The summed E-state index contributed by atoms with van der Waals surface area (Å²) >= 11 is 0. The third-order valence-electron chi connectivity index (χ3n) is 13.7. The minimum Gasteiger partial charge on any atom is -0.451 e. The van der Waals surface area contributed by atoms with Crippen LogP contribution in [0.25, 0.3) is 0 Å². The smallest absolute Gasteiger partial charge is 0.329 e. The average molecular weight is 1060 g/mol. The molecule has 1 saturated heterocycles. The summed E-state index contributed by atoms with van der Waals surface area (Å²) in [6.07, 6.45) is -1.35. The third-order valence-corrected chi connectivity index (χ3v) is 13.7. The van der Waals surface area contributed by atoms with Gasteiger partial charge >= 0.3 is 23.9 Å². The molecule has 0 radical (unpaired) electrons. The summed E-state index contributed by atoms with van der Waals surface area (Å²) in [5.41, 5.74) is 2.24. The molecule has 18 heteroatoms. The van der Waals surface area contributed by atoms with E-state index in [9.17, 15) is 38.4 Å². The summed E-state index contributed by atoms with van der Waals surface area (Å²) in [5, 5.41) is 0. The number of benzene rings is 2. The van der Waals surface area contributed by atoms with Gasteiger partial charge in [-0.25, -0.2) is 24.2 Å². The zero-order chi connectivity index (χ0) is 56.7.